The fraction of sp³-hybridized carbons (Fsp3) is 0.360. The number of anilines is 2. The molecule has 0 spiro atoms. The maximum absolute atomic E-state index is 15.0. The summed E-state index contributed by atoms with van der Waals surface area (Å²) in [6.07, 6.45) is 1.25. The van der Waals surface area contributed by atoms with Gasteiger partial charge in [0.05, 0.1) is 17.9 Å². The van der Waals surface area contributed by atoms with Crippen LogP contribution in [-0.4, -0.2) is 53.9 Å². The van der Waals surface area contributed by atoms with E-state index in [1.165, 1.54) is 6.07 Å². The minimum Gasteiger partial charge on any atom is -0.326 e. The molecule has 4 aromatic rings. The second kappa shape index (κ2) is 10.1. The summed E-state index contributed by atoms with van der Waals surface area (Å²) in [4.78, 5) is 19.6. The van der Waals surface area contributed by atoms with E-state index in [4.69, 9.17) is 10.9 Å². The van der Waals surface area contributed by atoms with E-state index < -0.39 is 17.8 Å². The van der Waals surface area contributed by atoms with Gasteiger partial charge in [-0.2, -0.15) is 5.48 Å². The number of aryl methyl sites for hydroxylation is 1. The number of fused-ring (bicyclic) bond motifs is 2. The first-order chi connectivity index (χ1) is 17.7. The van der Waals surface area contributed by atoms with Crippen molar-refractivity contribution < 1.29 is 14.0 Å². The number of hydrogen-bond acceptors (Lipinski definition) is 9. The number of rotatable bonds is 7. The minimum absolute atomic E-state index is 0.0186. The average molecular weight is 510 g/mol. The molecular formula is C25H29F2N9O. The van der Waals surface area contributed by atoms with Crippen molar-refractivity contribution in [3.63, 3.8) is 0 Å². The zero-order chi connectivity index (χ0) is 26.3. The quantitative estimate of drug-likeness (QED) is 0.219. The molecule has 1 unspecified atom stereocenters. The summed E-state index contributed by atoms with van der Waals surface area (Å²) in [5.74, 6) is 0.152. The molecule has 1 aliphatic rings. The van der Waals surface area contributed by atoms with Crippen molar-refractivity contribution in [2.75, 3.05) is 18.4 Å². The van der Waals surface area contributed by atoms with Crippen LogP contribution in [0.1, 0.15) is 37.0 Å². The van der Waals surface area contributed by atoms with Gasteiger partial charge < -0.3 is 20.8 Å². The molecule has 1 aromatic carbocycles. The van der Waals surface area contributed by atoms with E-state index >= 15 is 0 Å². The molecule has 4 heterocycles. The normalized spacial score (nSPS) is 14.8. The molecule has 12 heteroatoms. The lowest BCUT2D eigenvalue weighted by Gasteiger charge is -2.29. The molecule has 37 heavy (non-hydrogen) atoms. The fourth-order valence-electron chi connectivity index (χ4n) is 4.82. The van der Waals surface area contributed by atoms with Gasteiger partial charge in [0.15, 0.2) is 11.6 Å². The van der Waals surface area contributed by atoms with Gasteiger partial charge in [-0.3, -0.25) is 4.90 Å². The average Bonchev–Trinajstić information content (AvgIpc) is 3.21. The second-order valence-electron chi connectivity index (χ2n) is 9.49. The molecule has 1 atom stereocenters. The molecule has 194 valence electrons. The van der Waals surface area contributed by atoms with Crippen LogP contribution in [-0.2, 0) is 13.0 Å². The lowest BCUT2D eigenvalue weighted by atomic mass is 10.1. The highest BCUT2D eigenvalue weighted by Gasteiger charge is 2.21. The number of nitrogens with zero attached hydrogens (tertiary/aromatic N) is 6. The number of imidazole rings is 1. The van der Waals surface area contributed by atoms with E-state index in [1.54, 1.807) is 12.1 Å². The highest BCUT2D eigenvalue weighted by molar-refractivity contribution is 5.83. The third-order valence-electron chi connectivity index (χ3n) is 6.45. The molecule has 0 bridgehead atoms. The number of pyridine rings is 1. The molecular weight excluding hydrogens is 480 g/mol. The number of nitrogens with two attached hydrogens (primary N) is 1. The van der Waals surface area contributed by atoms with E-state index in [1.807, 2.05) is 31.4 Å². The molecule has 0 radical (unpaired) electrons. The van der Waals surface area contributed by atoms with Gasteiger partial charge in [-0.15, -0.1) is 0 Å². The largest absolute Gasteiger partial charge is 0.326 e. The Kier molecular flexibility index (Phi) is 6.82. The van der Waals surface area contributed by atoms with Crippen LogP contribution in [0.25, 0.3) is 22.3 Å². The van der Waals surface area contributed by atoms with Gasteiger partial charge in [0.1, 0.15) is 22.9 Å². The van der Waals surface area contributed by atoms with Gasteiger partial charge in [0.25, 0.3) is 0 Å². The Morgan fingerprint density at radius 1 is 1.14 bits per heavy atom. The van der Waals surface area contributed by atoms with Crippen LogP contribution >= 0.6 is 0 Å². The second-order valence-corrected chi connectivity index (χ2v) is 9.49. The van der Waals surface area contributed by atoms with Crippen LogP contribution in [0, 0.1) is 18.6 Å². The van der Waals surface area contributed by atoms with Crippen LogP contribution in [0.4, 0.5) is 20.5 Å². The minimum atomic E-state index is -0.661. The molecule has 0 aliphatic carbocycles. The van der Waals surface area contributed by atoms with Crippen LogP contribution in [0.3, 0.4) is 0 Å². The Balaban J connectivity index is 1.42. The Morgan fingerprint density at radius 3 is 2.70 bits per heavy atom. The SMILES string of the molecule is Cc1nc2c(F)cc(-c3nc(Nc4ccc5c(n4)CCN(CC(N)NO)C5)ncc3F)cc2n1C(C)C. The Hall–Kier alpha value is -3.58. The summed E-state index contributed by atoms with van der Waals surface area (Å²) in [5.41, 5.74) is 10.9. The first-order valence-corrected chi connectivity index (χ1v) is 12.1. The summed E-state index contributed by atoms with van der Waals surface area (Å²) < 4.78 is 31.7. The van der Waals surface area contributed by atoms with Crippen molar-refractivity contribution in [1.82, 2.24) is 34.9 Å². The van der Waals surface area contributed by atoms with Gasteiger partial charge >= 0.3 is 0 Å². The fourth-order valence-corrected chi connectivity index (χ4v) is 4.82. The number of benzene rings is 1. The molecule has 0 saturated carbocycles. The van der Waals surface area contributed by atoms with Crippen LogP contribution < -0.4 is 16.5 Å². The first kappa shape index (κ1) is 25.1. The lowest BCUT2D eigenvalue weighted by molar-refractivity contribution is 0.0986. The monoisotopic (exact) mass is 509 g/mol. The topological polar surface area (TPSA) is 130 Å². The van der Waals surface area contributed by atoms with Gasteiger partial charge in [-0.1, -0.05) is 6.07 Å². The van der Waals surface area contributed by atoms with Gasteiger partial charge in [-0.05, 0) is 44.5 Å². The van der Waals surface area contributed by atoms with Gasteiger partial charge in [-0.25, -0.2) is 28.7 Å². The molecule has 0 amide bonds. The van der Waals surface area contributed by atoms with Crippen LogP contribution in [0.15, 0.2) is 30.5 Å². The van der Waals surface area contributed by atoms with E-state index in [0.29, 0.717) is 42.2 Å². The number of aromatic nitrogens is 5. The van der Waals surface area contributed by atoms with E-state index in [-0.39, 0.29) is 23.2 Å². The maximum Gasteiger partial charge on any atom is 0.229 e. The third kappa shape index (κ3) is 5.01. The molecule has 0 fully saturated rings. The van der Waals surface area contributed by atoms with Crippen molar-refractivity contribution >= 4 is 22.8 Å². The van der Waals surface area contributed by atoms with E-state index in [2.05, 4.69) is 35.6 Å². The molecule has 1 aliphatic heterocycles. The summed E-state index contributed by atoms with van der Waals surface area (Å²) >= 11 is 0. The molecule has 3 aromatic heterocycles. The maximum atomic E-state index is 15.0. The van der Waals surface area contributed by atoms with Crippen molar-refractivity contribution in [1.29, 1.82) is 0 Å². The number of halogens is 2. The summed E-state index contributed by atoms with van der Waals surface area (Å²) in [5, 5.41) is 12.0. The predicted molar refractivity (Wildman–Crippen MR) is 135 cm³/mol. The molecule has 5 rings (SSSR count). The van der Waals surface area contributed by atoms with Crippen molar-refractivity contribution in [3.8, 4) is 11.3 Å². The molecule has 5 N–H and O–H groups in total. The number of nitrogens with one attached hydrogen (secondary N) is 2. The van der Waals surface area contributed by atoms with E-state index in [0.717, 1.165) is 24.0 Å². The van der Waals surface area contributed by atoms with Crippen LogP contribution in [0.5, 0.6) is 0 Å². The van der Waals surface area contributed by atoms with Gasteiger partial charge in [0, 0.05) is 43.4 Å². The zero-order valence-electron chi connectivity index (χ0n) is 20.8. The Bertz CT molecular complexity index is 1460. The Labute approximate surface area is 212 Å². The summed E-state index contributed by atoms with van der Waals surface area (Å²) in [7, 11) is 0. The standard InChI is InChI=1S/C25H29F2N9O/c1-13(2)36-14(3)30-24-17(26)8-16(9-20(24)36)23-18(27)10-29-25(33-23)32-22-5-4-15-11-35(12-21(28)34-37)7-6-19(15)31-22/h4-5,8-10,13,21,34,37H,6-7,11-12,28H2,1-3H3,(H,29,31,32,33). The summed E-state index contributed by atoms with van der Waals surface area (Å²) in [6, 6.07) is 6.76. The number of hydrogen-bond donors (Lipinski definition) is 4. The van der Waals surface area contributed by atoms with Crippen LogP contribution in [0.2, 0.25) is 0 Å². The zero-order valence-corrected chi connectivity index (χ0v) is 20.8. The number of hydroxylamine groups is 1. The van der Waals surface area contributed by atoms with Crippen molar-refractivity contribution in [2.24, 2.45) is 5.73 Å². The highest BCUT2D eigenvalue weighted by Crippen LogP contribution is 2.30. The predicted octanol–water partition coefficient (Wildman–Crippen LogP) is 3.42. The first-order valence-electron chi connectivity index (χ1n) is 12.1. The molecule has 0 saturated heterocycles. The highest BCUT2D eigenvalue weighted by atomic mass is 19.1. The van der Waals surface area contributed by atoms with Crippen molar-refractivity contribution in [3.05, 3.63) is 59.2 Å². The van der Waals surface area contributed by atoms with Gasteiger partial charge in [0.2, 0.25) is 5.95 Å². The van der Waals surface area contributed by atoms with Crippen molar-refractivity contribution in [2.45, 2.75) is 45.9 Å². The third-order valence-corrected chi connectivity index (χ3v) is 6.45. The molecule has 10 nitrogen and oxygen atoms in total. The lowest BCUT2D eigenvalue weighted by Crippen LogP contribution is -2.47. The smallest absolute Gasteiger partial charge is 0.229 e. The van der Waals surface area contributed by atoms with E-state index in [9.17, 15) is 8.78 Å². The summed E-state index contributed by atoms with van der Waals surface area (Å²) in [6.45, 7) is 7.70. The Morgan fingerprint density at radius 2 is 1.95 bits per heavy atom.